The normalized spacial score (nSPS) is 10.1. The molecule has 20 heavy (non-hydrogen) atoms. The number of nitro benzene ring substituents is 1. The Kier molecular flexibility index (Phi) is 3.60. The first-order valence-electron chi connectivity index (χ1n) is 5.72. The summed E-state index contributed by atoms with van der Waals surface area (Å²) in [6, 6.07) is 7.64. The molecule has 0 saturated carbocycles. The molecule has 0 aliphatic rings. The molecular weight excluding hydrogens is 260 g/mol. The maximum absolute atomic E-state index is 10.9. The molecule has 1 aromatic carbocycles. The van der Waals surface area contributed by atoms with E-state index >= 15 is 0 Å². The van der Waals surface area contributed by atoms with Crippen molar-refractivity contribution in [1.29, 1.82) is 5.41 Å². The molecule has 0 aliphatic heterocycles. The van der Waals surface area contributed by atoms with Crippen molar-refractivity contribution in [1.82, 2.24) is 4.98 Å². The molecular formula is C13H12N4O3. The van der Waals surface area contributed by atoms with Gasteiger partial charge in [0.2, 0.25) is 11.6 Å². The number of nitro groups is 1. The van der Waals surface area contributed by atoms with Gasteiger partial charge in [0.1, 0.15) is 5.84 Å². The maximum Gasteiger partial charge on any atom is 0.311 e. The minimum absolute atomic E-state index is 0.0538. The monoisotopic (exact) mass is 272 g/mol. The highest BCUT2D eigenvalue weighted by Gasteiger charge is 2.18. The van der Waals surface area contributed by atoms with Gasteiger partial charge in [-0.1, -0.05) is 12.1 Å². The molecule has 0 unspecified atom stereocenters. The molecule has 102 valence electrons. The third-order valence-electron chi connectivity index (χ3n) is 2.66. The summed E-state index contributed by atoms with van der Waals surface area (Å²) in [5.74, 6) is -0.0749. The van der Waals surface area contributed by atoms with Crippen molar-refractivity contribution in [3.63, 3.8) is 0 Å². The van der Waals surface area contributed by atoms with Gasteiger partial charge >= 0.3 is 5.69 Å². The third kappa shape index (κ3) is 2.56. The Morgan fingerprint density at radius 1 is 1.40 bits per heavy atom. The number of benzene rings is 1. The van der Waals surface area contributed by atoms with Crippen LogP contribution in [0.4, 0.5) is 5.69 Å². The van der Waals surface area contributed by atoms with Crippen LogP contribution in [0.15, 0.2) is 36.5 Å². The number of ether oxygens (including phenoxy) is 1. The van der Waals surface area contributed by atoms with Crippen molar-refractivity contribution >= 4 is 11.5 Å². The number of para-hydroxylation sites is 2. The molecule has 1 heterocycles. The van der Waals surface area contributed by atoms with Crippen molar-refractivity contribution in [3.05, 3.63) is 57.8 Å². The lowest BCUT2D eigenvalue weighted by Gasteiger charge is -2.11. The van der Waals surface area contributed by atoms with Crippen LogP contribution in [0.25, 0.3) is 0 Å². The summed E-state index contributed by atoms with van der Waals surface area (Å²) in [5, 5.41) is 18.5. The van der Waals surface area contributed by atoms with Gasteiger partial charge in [0.05, 0.1) is 10.5 Å². The van der Waals surface area contributed by atoms with Crippen LogP contribution >= 0.6 is 0 Å². The van der Waals surface area contributed by atoms with E-state index in [1.807, 2.05) is 0 Å². The number of rotatable bonds is 4. The minimum Gasteiger partial charge on any atom is -0.431 e. The lowest BCUT2D eigenvalue weighted by molar-refractivity contribution is -0.385. The second kappa shape index (κ2) is 5.35. The number of nitrogens with zero attached hydrogens (tertiary/aromatic N) is 2. The van der Waals surface area contributed by atoms with Crippen molar-refractivity contribution < 1.29 is 9.66 Å². The van der Waals surface area contributed by atoms with Crippen LogP contribution in [0.5, 0.6) is 11.6 Å². The average Bonchev–Trinajstić information content (AvgIpc) is 2.38. The smallest absolute Gasteiger partial charge is 0.311 e. The fourth-order valence-corrected chi connectivity index (χ4v) is 1.74. The van der Waals surface area contributed by atoms with Crippen LogP contribution in [0.2, 0.25) is 0 Å². The predicted octanol–water partition coefficient (Wildman–Crippen LogP) is 2.37. The van der Waals surface area contributed by atoms with Crippen molar-refractivity contribution in [2.75, 3.05) is 0 Å². The van der Waals surface area contributed by atoms with E-state index in [9.17, 15) is 10.1 Å². The molecule has 0 amide bonds. The second-order valence-electron chi connectivity index (χ2n) is 4.05. The van der Waals surface area contributed by atoms with Crippen LogP contribution in [0.3, 0.4) is 0 Å². The standard InChI is InChI=1S/C13H12N4O3/c1-8-6-7-16-13(11(8)12(14)15)20-10-5-3-2-4-9(10)17(18)19/h2-7H,1H3,(H3,14,15). The van der Waals surface area contributed by atoms with Crippen LogP contribution in [-0.2, 0) is 0 Å². The number of pyridine rings is 1. The van der Waals surface area contributed by atoms with Gasteiger partial charge in [-0.3, -0.25) is 15.5 Å². The van der Waals surface area contributed by atoms with Crippen LogP contribution < -0.4 is 10.5 Å². The first-order valence-corrected chi connectivity index (χ1v) is 5.72. The van der Waals surface area contributed by atoms with Crippen molar-refractivity contribution in [2.24, 2.45) is 5.73 Å². The predicted molar refractivity (Wildman–Crippen MR) is 73.2 cm³/mol. The lowest BCUT2D eigenvalue weighted by atomic mass is 10.1. The van der Waals surface area contributed by atoms with Crippen LogP contribution in [0, 0.1) is 22.4 Å². The molecule has 0 spiro atoms. The number of nitrogens with one attached hydrogen (secondary N) is 1. The molecule has 1 aromatic heterocycles. The summed E-state index contributed by atoms with van der Waals surface area (Å²) in [6.45, 7) is 1.75. The van der Waals surface area contributed by atoms with E-state index in [0.717, 1.165) is 0 Å². The Morgan fingerprint density at radius 2 is 2.10 bits per heavy atom. The molecule has 2 rings (SSSR count). The number of nitrogens with two attached hydrogens (primary N) is 1. The molecule has 0 aliphatic carbocycles. The van der Waals surface area contributed by atoms with E-state index in [1.54, 1.807) is 25.1 Å². The number of aryl methyl sites for hydroxylation is 1. The summed E-state index contributed by atoms with van der Waals surface area (Å²) >= 11 is 0. The van der Waals surface area contributed by atoms with E-state index in [2.05, 4.69) is 4.98 Å². The van der Waals surface area contributed by atoms with E-state index in [0.29, 0.717) is 11.1 Å². The van der Waals surface area contributed by atoms with Crippen molar-refractivity contribution in [3.8, 4) is 11.6 Å². The van der Waals surface area contributed by atoms with E-state index in [4.69, 9.17) is 15.9 Å². The lowest BCUT2D eigenvalue weighted by Crippen LogP contribution is -2.15. The summed E-state index contributed by atoms with van der Waals surface area (Å²) in [6.07, 6.45) is 1.49. The molecule has 0 saturated heterocycles. The number of aromatic nitrogens is 1. The van der Waals surface area contributed by atoms with Gasteiger partial charge in [-0.05, 0) is 24.6 Å². The van der Waals surface area contributed by atoms with Gasteiger partial charge in [-0.15, -0.1) is 0 Å². The first kappa shape index (κ1) is 13.5. The molecule has 7 heteroatoms. The van der Waals surface area contributed by atoms with Gasteiger partial charge in [0, 0.05) is 12.3 Å². The van der Waals surface area contributed by atoms with Gasteiger partial charge in [0.15, 0.2) is 0 Å². The van der Waals surface area contributed by atoms with E-state index in [-0.39, 0.29) is 23.2 Å². The zero-order valence-corrected chi connectivity index (χ0v) is 10.7. The molecule has 0 bridgehead atoms. The Bertz CT molecular complexity index is 685. The molecule has 2 aromatic rings. The molecule has 7 nitrogen and oxygen atoms in total. The highest BCUT2D eigenvalue weighted by molar-refractivity contribution is 5.98. The van der Waals surface area contributed by atoms with E-state index < -0.39 is 4.92 Å². The number of hydrogen-bond donors (Lipinski definition) is 2. The Hall–Kier alpha value is -2.96. The second-order valence-corrected chi connectivity index (χ2v) is 4.05. The maximum atomic E-state index is 10.9. The number of amidine groups is 1. The average molecular weight is 272 g/mol. The first-order chi connectivity index (χ1) is 9.50. The van der Waals surface area contributed by atoms with Crippen LogP contribution in [0.1, 0.15) is 11.1 Å². The molecule has 0 radical (unpaired) electrons. The molecule has 3 N–H and O–H groups in total. The van der Waals surface area contributed by atoms with Gasteiger partial charge in [-0.25, -0.2) is 4.98 Å². The SMILES string of the molecule is Cc1ccnc(Oc2ccccc2[N+](=O)[O-])c1C(=N)N. The zero-order chi connectivity index (χ0) is 14.7. The van der Waals surface area contributed by atoms with Crippen molar-refractivity contribution in [2.45, 2.75) is 6.92 Å². The van der Waals surface area contributed by atoms with Gasteiger partial charge in [0.25, 0.3) is 0 Å². The number of nitrogen functional groups attached to an aromatic ring is 1. The Balaban J connectivity index is 2.49. The fraction of sp³-hybridized carbons (Fsp3) is 0.0769. The fourth-order valence-electron chi connectivity index (χ4n) is 1.74. The largest absolute Gasteiger partial charge is 0.431 e. The highest BCUT2D eigenvalue weighted by atomic mass is 16.6. The summed E-state index contributed by atoms with van der Waals surface area (Å²) in [4.78, 5) is 14.4. The highest BCUT2D eigenvalue weighted by Crippen LogP contribution is 2.31. The van der Waals surface area contributed by atoms with Crippen LogP contribution in [-0.4, -0.2) is 15.7 Å². The summed E-state index contributed by atoms with van der Waals surface area (Å²) in [7, 11) is 0. The number of hydrogen-bond acceptors (Lipinski definition) is 5. The summed E-state index contributed by atoms with van der Waals surface area (Å²) < 4.78 is 5.47. The quantitative estimate of drug-likeness (QED) is 0.383. The summed E-state index contributed by atoms with van der Waals surface area (Å²) in [5.41, 5.74) is 6.35. The molecule has 0 atom stereocenters. The molecule has 0 fully saturated rings. The third-order valence-corrected chi connectivity index (χ3v) is 2.66. The van der Waals surface area contributed by atoms with Gasteiger partial charge < -0.3 is 10.5 Å². The topological polar surface area (TPSA) is 115 Å². The Morgan fingerprint density at radius 3 is 2.75 bits per heavy atom. The zero-order valence-electron chi connectivity index (χ0n) is 10.7. The van der Waals surface area contributed by atoms with E-state index in [1.165, 1.54) is 18.3 Å². The Labute approximate surface area is 114 Å². The van der Waals surface area contributed by atoms with Gasteiger partial charge in [-0.2, -0.15) is 0 Å². The minimum atomic E-state index is -0.543.